The SMILES string of the molecule is C=CCO[C@H]1O[C@H](COC(=O)c2ccccc2)[C@@H](OC(=O)c2ccccc2)[C@H](OC(=O)c2ccccc2)[C@@H]1O. The average Bonchev–Trinajstić information content (AvgIpc) is 2.99. The minimum Gasteiger partial charge on any atom is -0.459 e. The lowest BCUT2D eigenvalue weighted by Gasteiger charge is -2.43. The fourth-order valence-corrected chi connectivity index (χ4v) is 3.95. The molecule has 1 fully saturated rings. The first kappa shape index (κ1) is 27.7. The first-order valence-electron chi connectivity index (χ1n) is 12.3. The quantitative estimate of drug-likeness (QED) is 0.237. The zero-order valence-corrected chi connectivity index (χ0v) is 21.0. The van der Waals surface area contributed by atoms with Gasteiger partial charge in [-0.3, -0.25) is 0 Å². The molecule has 1 saturated heterocycles. The molecule has 39 heavy (non-hydrogen) atoms. The van der Waals surface area contributed by atoms with Gasteiger partial charge in [-0.05, 0) is 36.4 Å². The third-order valence-electron chi connectivity index (χ3n) is 5.89. The molecule has 1 aliphatic heterocycles. The summed E-state index contributed by atoms with van der Waals surface area (Å²) in [5.41, 5.74) is 0.753. The zero-order valence-electron chi connectivity index (χ0n) is 21.0. The Bertz CT molecular complexity index is 1250. The molecule has 0 unspecified atom stereocenters. The summed E-state index contributed by atoms with van der Waals surface area (Å²) in [6.07, 6.45) is -5.33. The van der Waals surface area contributed by atoms with Crippen molar-refractivity contribution in [2.45, 2.75) is 30.7 Å². The normalized spacial score (nSPS) is 22.3. The molecule has 202 valence electrons. The second-order valence-corrected chi connectivity index (χ2v) is 8.59. The summed E-state index contributed by atoms with van der Waals surface area (Å²) in [7, 11) is 0. The van der Waals surface area contributed by atoms with E-state index in [4.69, 9.17) is 23.7 Å². The van der Waals surface area contributed by atoms with Crippen LogP contribution >= 0.6 is 0 Å². The van der Waals surface area contributed by atoms with E-state index in [1.807, 2.05) is 0 Å². The molecule has 0 spiro atoms. The number of aliphatic hydroxyl groups excluding tert-OH is 1. The summed E-state index contributed by atoms with van der Waals surface area (Å²) in [4.78, 5) is 38.6. The molecule has 1 aliphatic rings. The minimum absolute atomic E-state index is 0.00602. The molecule has 0 saturated carbocycles. The molecule has 9 nitrogen and oxygen atoms in total. The molecule has 0 aromatic heterocycles. The van der Waals surface area contributed by atoms with E-state index in [1.165, 1.54) is 6.08 Å². The van der Waals surface area contributed by atoms with Gasteiger partial charge in [-0.2, -0.15) is 0 Å². The number of carbonyl (C=O) groups excluding carboxylic acids is 3. The summed E-state index contributed by atoms with van der Waals surface area (Å²) in [5.74, 6) is -2.15. The van der Waals surface area contributed by atoms with E-state index >= 15 is 0 Å². The van der Waals surface area contributed by atoms with Gasteiger partial charge in [0, 0.05) is 0 Å². The van der Waals surface area contributed by atoms with Crippen LogP contribution < -0.4 is 0 Å². The number of rotatable bonds is 10. The molecule has 1 N–H and O–H groups in total. The second-order valence-electron chi connectivity index (χ2n) is 8.59. The molecule has 9 heteroatoms. The predicted octanol–water partition coefficient (Wildman–Crippen LogP) is 3.58. The van der Waals surface area contributed by atoms with Gasteiger partial charge in [-0.25, -0.2) is 14.4 Å². The molecule has 0 aliphatic carbocycles. The van der Waals surface area contributed by atoms with E-state index in [1.54, 1.807) is 91.0 Å². The van der Waals surface area contributed by atoms with Crippen molar-refractivity contribution < 1.29 is 43.2 Å². The van der Waals surface area contributed by atoms with Crippen molar-refractivity contribution >= 4 is 17.9 Å². The van der Waals surface area contributed by atoms with Crippen LogP contribution in [0.4, 0.5) is 0 Å². The van der Waals surface area contributed by atoms with Crippen LogP contribution in [-0.2, 0) is 23.7 Å². The maximum atomic E-state index is 13.0. The summed E-state index contributed by atoms with van der Waals surface area (Å²) in [5, 5.41) is 11.1. The smallest absolute Gasteiger partial charge is 0.338 e. The van der Waals surface area contributed by atoms with Gasteiger partial charge in [-0.1, -0.05) is 60.7 Å². The van der Waals surface area contributed by atoms with Crippen LogP contribution in [0.2, 0.25) is 0 Å². The summed E-state index contributed by atoms with van der Waals surface area (Å²) in [6, 6.07) is 24.6. The number of hydrogen-bond acceptors (Lipinski definition) is 9. The Hall–Kier alpha value is -4.31. The van der Waals surface area contributed by atoms with Crippen LogP contribution in [0, 0.1) is 0 Å². The topological polar surface area (TPSA) is 118 Å². The lowest BCUT2D eigenvalue weighted by molar-refractivity contribution is -0.296. The highest BCUT2D eigenvalue weighted by Gasteiger charge is 2.51. The number of esters is 3. The second kappa shape index (κ2) is 13.5. The first-order chi connectivity index (χ1) is 19.0. The third kappa shape index (κ3) is 7.17. The molecule has 0 radical (unpaired) electrons. The van der Waals surface area contributed by atoms with Crippen molar-refractivity contribution in [3.8, 4) is 0 Å². The number of benzene rings is 3. The van der Waals surface area contributed by atoms with E-state index in [0.29, 0.717) is 5.56 Å². The standard InChI is InChI=1S/C30H28O9/c1-2-18-35-30-24(31)26(39-29(34)22-16-10-5-11-17-22)25(38-28(33)21-14-8-4-9-15-21)23(37-30)19-36-27(32)20-12-6-3-7-13-20/h2-17,23-26,30-31H,1,18-19H2/t23-,24+,25-,26-,30+/m1/s1. The fourth-order valence-electron chi connectivity index (χ4n) is 3.95. The Morgan fingerprint density at radius 2 is 1.21 bits per heavy atom. The van der Waals surface area contributed by atoms with E-state index < -0.39 is 48.6 Å². The van der Waals surface area contributed by atoms with Gasteiger partial charge < -0.3 is 28.8 Å². The van der Waals surface area contributed by atoms with Crippen LogP contribution in [0.25, 0.3) is 0 Å². The highest BCUT2D eigenvalue weighted by atomic mass is 16.7. The number of aliphatic hydroxyl groups is 1. The van der Waals surface area contributed by atoms with Crippen LogP contribution in [0.1, 0.15) is 31.1 Å². The van der Waals surface area contributed by atoms with E-state index in [9.17, 15) is 19.5 Å². The van der Waals surface area contributed by atoms with E-state index in [0.717, 1.165) is 0 Å². The van der Waals surface area contributed by atoms with Gasteiger partial charge >= 0.3 is 17.9 Å². The van der Waals surface area contributed by atoms with Crippen LogP contribution in [0.3, 0.4) is 0 Å². The Kier molecular flexibility index (Phi) is 9.58. The first-order valence-corrected chi connectivity index (χ1v) is 12.3. The molecule has 1 heterocycles. The monoisotopic (exact) mass is 532 g/mol. The van der Waals surface area contributed by atoms with Crippen molar-refractivity contribution in [3.05, 3.63) is 120 Å². The largest absolute Gasteiger partial charge is 0.459 e. The van der Waals surface area contributed by atoms with E-state index in [-0.39, 0.29) is 24.3 Å². The number of hydrogen-bond donors (Lipinski definition) is 1. The lowest BCUT2D eigenvalue weighted by atomic mass is 9.98. The number of carbonyl (C=O) groups is 3. The van der Waals surface area contributed by atoms with Gasteiger partial charge in [0.15, 0.2) is 18.5 Å². The van der Waals surface area contributed by atoms with Gasteiger partial charge in [0.05, 0.1) is 23.3 Å². The molecule has 0 bridgehead atoms. The Labute approximate surface area is 225 Å². The maximum Gasteiger partial charge on any atom is 0.338 e. The Morgan fingerprint density at radius 1 is 0.744 bits per heavy atom. The molecule has 0 amide bonds. The molecule has 3 aromatic rings. The summed E-state index contributed by atoms with van der Waals surface area (Å²) < 4.78 is 28.3. The minimum atomic E-state index is -1.55. The van der Waals surface area contributed by atoms with Crippen molar-refractivity contribution in [2.24, 2.45) is 0 Å². The van der Waals surface area contributed by atoms with Gasteiger partial charge in [0.2, 0.25) is 0 Å². The molecule has 4 rings (SSSR count). The van der Waals surface area contributed by atoms with Gasteiger partial charge in [0.1, 0.15) is 18.8 Å². The summed E-state index contributed by atoms with van der Waals surface area (Å²) >= 11 is 0. The van der Waals surface area contributed by atoms with E-state index in [2.05, 4.69) is 6.58 Å². The third-order valence-corrected chi connectivity index (χ3v) is 5.89. The average molecular weight is 533 g/mol. The van der Waals surface area contributed by atoms with Crippen molar-refractivity contribution in [1.29, 1.82) is 0 Å². The molecular formula is C30H28O9. The molecule has 3 aromatic carbocycles. The lowest BCUT2D eigenvalue weighted by Crippen LogP contribution is -2.62. The Morgan fingerprint density at radius 3 is 1.69 bits per heavy atom. The fraction of sp³-hybridized carbons (Fsp3) is 0.233. The summed E-state index contributed by atoms with van der Waals surface area (Å²) in [6.45, 7) is 3.21. The maximum absolute atomic E-state index is 13.0. The van der Waals surface area contributed by atoms with Crippen LogP contribution in [0.5, 0.6) is 0 Å². The number of ether oxygens (including phenoxy) is 5. The van der Waals surface area contributed by atoms with Crippen LogP contribution in [0.15, 0.2) is 104 Å². The highest BCUT2D eigenvalue weighted by molar-refractivity contribution is 5.90. The molecule has 5 atom stereocenters. The van der Waals surface area contributed by atoms with Gasteiger partial charge in [0.25, 0.3) is 0 Å². The van der Waals surface area contributed by atoms with Crippen LogP contribution in [-0.4, -0.2) is 66.9 Å². The zero-order chi connectivity index (χ0) is 27.6. The Balaban J connectivity index is 1.62. The molecular weight excluding hydrogens is 504 g/mol. The van der Waals surface area contributed by atoms with Crippen molar-refractivity contribution in [2.75, 3.05) is 13.2 Å². The van der Waals surface area contributed by atoms with Crippen molar-refractivity contribution in [1.82, 2.24) is 0 Å². The van der Waals surface area contributed by atoms with Gasteiger partial charge in [-0.15, -0.1) is 6.58 Å². The predicted molar refractivity (Wildman–Crippen MR) is 139 cm³/mol. The van der Waals surface area contributed by atoms with Crippen molar-refractivity contribution in [3.63, 3.8) is 0 Å². The highest BCUT2D eigenvalue weighted by Crippen LogP contribution is 2.29.